The van der Waals surface area contributed by atoms with Gasteiger partial charge >= 0.3 is 0 Å². The number of halogens is 2. The maximum atomic E-state index is 3.73. The molecule has 2 aromatic rings. The molecule has 0 saturated heterocycles. The van der Waals surface area contributed by atoms with E-state index >= 15 is 0 Å². The van der Waals surface area contributed by atoms with Gasteiger partial charge in [0.05, 0.1) is 9.83 Å². The van der Waals surface area contributed by atoms with E-state index in [9.17, 15) is 0 Å². The van der Waals surface area contributed by atoms with E-state index in [1.165, 1.54) is 43.4 Å². The molecule has 1 heterocycles. The van der Waals surface area contributed by atoms with Crippen molar-refractivity contribution < 1.29 is 0 Å². The molecule has 1 aromatic carbocycles. The Morgan fingerprint density at radius 3 is 3.00 bits per heavy atom. The fourth-order valence-electron chi connectivity index (χ4n) is 2.65. The third-order valence-corrected chi connectivity index (χ3v) is 5.99. The molecule has 0 radical (unpaired) electrons. The molecule has 100 valence electrons. The second kappa shape index (κ2) is 5.74. The van der Waals surface area contributed by atoms with E-state index in [4.69, 9.17) is 0 Å². The molecule has 0 aliphatic heterocycles. The van der Waals surface area contributed by atoms with Crippen LogP contribution in [-0.4, -0.2) is 0 Å². The predicted molar refractivity (Wildman–Crippen MR) is 95.2 cm³/mol. The summed E-state index contributed by atoms with van der Waals surface area (Å²) >= 11 is 7.87. The van der Waals surface area contributed by atoms with Crippen LogP contribution in [0, 0.1) is 10.5 Å². The molecule has 4 heteroatoms. The molecule has 0 spiro atoms. The predicted octanol–water partition coefficient (Wildman–Crippen LogP) is 5.91. The summed E-state index contributed by atoms with van der Waals surface area (Å²) < 4.78 is 2.55. The van der Waals surface area contributed by atoms with Gasteiger partial charge in [-0.05, 0) is 100 Å². The van der Waals surface area contributed by atoms with Crippen LogP contribution in [0.15, 0.2) is 28.1 Å². The van der Waals surface area contributed by atoms with Gasteiger partial charge in [0.15, 0.2) is 0 Å². The highest BCUT2D eigenvalue weighted by atomic mass is 127. The molecule has 1 unspecified atom stereocenters. The van der Waals surface area contributed by atoms with Gasteiger partial charge in [-0.15, -0.1) is 11.3 Å². The van der Waals surface area contributed by atoms with E-state index < -0.39 is 0 Å². The zero-order valence-corrected chi connectivity index (χ0v) is 15.2. The normalized spacial score (nSPS) is 18.2. The second-order valence-electron chi connectivity index (χ2n) is 4.98. The first-order valence-corrected chi connectivity index (χ1v) is 9.13. The lowest BCUT2D eigenvalue weighted by Crippen LogP contribution is -2.16. The van der Waals surface area contributed by atoms with E-state index in [0.29, 0.717) is 6.04 Å². The van der Waals surface area contributed by atoms with Gasteiger partial charge in [-0.1, -0.05) is 0 Å². The van der Waals surface area contributed by atoms with Crippen LogP contribution < -0.4 is 5.32 Å². The fraction of sp³-hybridized carbons (Fsp3) is 0.333. The summed E-state index contributed by atoms with van der Waals surface area (Å²) in [4.78, 5) is 1.54. The van der Waals surface area contributed by atoms with Crippen LogP contribution in [-0.2, 0) is 6.42 Å². The molecule has 1 aromatic heterocycles. The molecule has 1 atom stereocenters. The van der Waals surface area contributed by atoms with E-state index in [-0.39, 0.29) is 0 Å². The average Bonchev–Trinajstić information content (AvgIpc) is 2.74. The molecule has 3 rings (SSSR count). The Labute approximate surface area is 140 Å². The number of thiophene rings is 1. The molecule has 1 aliphatic rings. The summed E-state index contributed by atoms with van der Waals surface area (Å²) in [5.41, 5.74) is 4.08. The van der Waals surface area contributed by atoms with Crippen LogP contribution >= 0.6 is 49.9 Å². The van der Waals surface area contributed by atoms with Crippen molar-refractivity contribution in [2.45, 2.75) is 32.2 Å². The van der Waals surface area contributed by atoms with Gasteiger partial charge in [0.2, 0.25) is 0 Å². The minimum Gasteiger partial charge on any atom is -0.378 e. The molecular weight excluding hydrogens is 433 g/mol. The summed E-state index contributed by atoms with van der Waals surface area (Å²) in [6.07, 6.45) is 3.73. The maximum absolute atomic E-state index is 3.73. The number of benzene rings is 1. The van der Waals surface area contributed by atoms with Gasteiger partial charge in [-0.3, -0.25) is 0 Å². The molecule has 1 N–H and O–H groups in total. The number of hydrogen-bond donors (Lipinski definition) is 1. The number of hydrogen-bond acceptors (Lipinski definition) is 2. The van der Waals surface area contributed by atoms with E-state index in [2.05, 4.69) is 75.0 Å². The van der Waals surface area contributed by atoms with Gasteiger partial charge in [-0.25, -0.2) is 0 Å². The Bertz CT molecular complexity index is 608. The standard InChI is InChI=1S/C15H15BrINS/c1-9-7-10(17)5-6-12(9)18-13-3-2-4-14-11(13)8-15(16)19-14/h5-8,13,18H,2-4H2,1H3. The molecule has 19 heavy (non-hydrogen) atoms. The van der Waals surface area contributed by atoms with Gasteiger partial charge in [0.1, 0.15) is 0 Å². The highest BCUT2D eigenvalue weighted by Crippen LogP contribution is 2.39. The third-order valence-electron chi connectivity index (χ3n) is 3.60. The maximum Gasteiger partial charge on any atom is 0.0705 e. The Hall–Kier alpha value is -0.0700. The Morgan fingerprint density at radius 2 is 2.21 bits per heavy atom. The summed E-state index contributed by atoms with van der Waals surface area (Å²) in [7, 11) is 0. The lowest BCUT2D eigenvalue weighted by atomic mass is 9.93. The first kappa shape index (κ1) is 13.9. The number of rotatable bonds is 2. The Balaban J connectivity index is 1.88. The number of fused-ring (bicyclic) bond motifs is 1. The molecule has 1 aliphatic carbocycles. The van der Waals surface area contributed by atoms with Crippen LogP contribution in [0.5, 0.6) is 0 Å². The molecule has 1 nitrogen and oxygen atoms in total. The fourth-order valence-corrected chi connectivity index (χ4v) is 5.11. The van der Waals surface area contributed by atoms with Gasteiger partial charge in [-0.2, -0.15) is 0 Å². The largest absolute Gasteiger partial charge is 0.378 e. The summed E-state index contributed by atoms with van der Waals surface area (Å²) in [6, 6.07) is 9.36. The van der Waals surface area contributed by atoms with Crippen molar-refractivity contribution in [2.75, 3.05) is 5.32 Å². The first-order chi connectivity index (χ1) is 9.13. The zero-order chi connectivity index (χ0) is 13.4. The topological polar surface area (TPSA) is 12.0 Å². The average molecular weight is 448 g/mol. The Kier molecular flexibility index (Phi) is 4.19. The summed E-state index contributed by atoms with van der Waals surface area (Å²) in [6.45, 7) is 2.18. The highest BCUT2D eigenvalue weighted by Gasteiger charge is 2.22. The van der Waals surface area contributed by atoms with Crippen molar-refractivity contribution in [3.63, 3.8) is 0 Å². The van der Waals surface area contributed by atoms with Crippen molar-refractivity contribution in [3.05, 3.63) is 47.6 Å². The van der Waals surface area contributed by atoms with Crippen LogP contribution in [0.25, 0.3) is 0 Å². The SMILES string of the molecule is Cc1cc(I)ccc1NC1CCCc2sc(Br)cc21. The van der Waals surface area contributed by atoms with Gasteiger partial charge in [0.25, 0.3) is 0 Å². The van der Waals surface area contributed by atoms with Crippen molar-refractivity contribution in [2.24, 2.45) is 0 Å². The van der Waals surface area contributed by atoms with Crippen LogP contribution in [0.2, 0.25) is 0 Å². The minimum absolute atomic E-state index is 0.463. The van der Waals surface area contributed by atoms with Crippen molar-refractivity contribution in [1.82, 2.24) is 0 Å². The van der Waals surface area contributed by atoms with E-state index in [1.807, 2.05) is 11.3 Å². The van der Waals surface area contributed by atoms with Crippen LogP contribution in [0.4, 0.5) is 5.69 Å². The number of aryl methyl sites for hydroxylation is 2. The zero-order valence-electron chi connectivity index (χ0n) is 10.7. The quantitative estimate of drug-likeness (QED) is 0.564. The van der Waals surface area contributed by atoms with Gasteiger partial charge in [0, 0.05) is 14.1 Å². The minimum atomic E-state index is 0.463. The highest BCUT2D eigenvalue weighted by molar-refractivity contribution is 14.1. The van der Waals surface area contributed by atoms with Crippen molar-refractivity contribution in [1.29, 1.82) is 0 Å². The summed E-state index contributed by atoms with van der Waals surface area (Å²) in [5.74, 6) is 0. The molecule has 0 bridgehead atoms. The molecular formula is C15H15BrINS. The molecule has 0 fully saturated rings. The van der Waals surface area contributed by atoms with E-state index in [1.54, 1.807) is 4.88 Å². The lowest BCUT2D eigenvalue weighted by Gasteiger charge is -2.25. The Morgan fingerprint density at radius 1 is 1.37 bits per heavy atom. The van der Waals surface area contributed by atoms with Gasteiger partial charge < -0.3 is 5.32 Å². The van der Waals surface area contributed by atoms with E-state index in [0.717, 1.165) is 0 Å². The molecule has 0 amide bonds. The number of nitrogens with one attached hydrogen (secondary N) is 1. The number of anilines is 1. The smallest absolute Gasteiger partial charge is 0.0705 e. The van der Waals surface area contributed by atoms with Crippen molar-refractivity contribution >= 4 is 55.5 Å². The second-order valence-corrected chi connectivity index (χ2v) is 8.74. The van der Waals surface area contributed by atoms with Crippen LogP contribution in [0.3, 0.4) is 0 Å². The molecule has 0 saturated carbocycles. The lowest BCUT2D eigenvalue weighted by molar-refractivity contribution is 0.608. The van der Waals surface area contributed by atoms with Crippen LogP contribution in [0.1, 0.15) is 34.9 Å². The van der Waals surface area contributed by atoms with Crippen molar-refractivity contribution in [3.8, 4) is 0 Å². The third kappa shape index (κ3) is 3.00. The first-order valence-electron chi connectivity index (χ1n) is 6.44. The summed E-state index contributed by atoms with van der Waals surface area (Å²) in [5, 5.41) is 3.73. The monoisotopic (exact) mass is 447 g/mol.